The smallest absolute Gasteiger partial charge is 0.255 e. The van der Waals surface area contributed by atoms with E-state index in [9.17, 15) is 9.59 Å². The van der Waals surface area contributed by atoms with Gasteiger partial charge in [-0.3, -0.25) is 9.59 Å². The van der Waals surface area contributed by atoms with Crippen LogP contribution in [0.5, 0.6) is 11.5 Å². The van der Waals surface area contributed by atoms with Crippen LogP contribution in [-0.4, -0.2) is 29.9 Å². The minimum Gasteiger partial charge on any atom is -0.493 e. The zero-order valence-corrected chi connectivity index (χ0v) is 18.8. The summed E-state index contributed by atoms with van der Waals surface area (Å²) < 4.78 is 11.1. The molecule has 0 unspecified atom stereocenters. The number of hydrogen-bond donors (Lipinski definition) is 2. The lowest BCUT2D eigenvalue weighted by atomic mass is 10.1. The molecule has 0 aliphatic heterocycles. The topological polar surface area (TPSA) is 89.5 Å². The fourth-order valence-corrected chi connectivity index (χ4v) is 3.40. The van der Waals surface area contributed by atoms with Gasteiger partial charge < -0.3 is 20.1 Å². The fourth-order valence-electron chi connectivity index (χ4n) is 2.69. The van der Waals surface area contributed by atoms with Crippen molar-refractivity contribution in [2.24, 2.45) is 0 Å². The molecule has 2 aromatic carbocycles. The van der Waals surface area contributed by atoms with Crippen molar-refractivity contribution in [3.8, 4) is 11.5 Å². The largest absolute Gasteiger partial charge is 0.493 e. The highest BCUT2D eigenvalue weighted by molar-refractivity contribution is 7.07. The molecule has 0 atom stereocenters. The third-order valence-electron chi connectivity index (χ3n) is 4.18. The van der Waals surface area contributed by atoms with Gasteiger partial charge in [0.2, 0.25) is 0 Å². The second-order valence-electron chi connectivity index (χ2n) is 6.91. The Balaban J connectivity index is 1.74. The Morgan fingerprint density at radius 1 is 1.10 bits per heavy atom. The van der Waals surface area contributed by atoms with Crippen LogP contribution in [0, 0.1) is 0 Å². The number of nitrogens with one attached hydrogen (secondary N) is 2. The molecule has 2 amide bonds. The first-order valence-corrected chi connectivity index (χ1v) is 10.8. The van der Waals surface area contributed by atoms with Crippen LogP contribution in [0.3, 0.4) is 0 Å². The van der Waals surface area contributed by atoms with Crippen molar-refractivity contribution in [2.45, 2.75) is 26.5 Å². The van der Waals surface area contributed by atoms with Crippen molar-refractivity contribution in [3.63, 3.8) is 0 Å². The molecule has 31 heavy (non-hydrogen) atoms. The monoisotopic (exact) mass is 459 g/mol. The molecule has 0 spiro atoms. The molecule has 2 N–H and O–H groups in total. The van der Waals surface area contributed by atoms with Gasteiger partial charge in [0.1, 0.15) is 6.61 Å². The van der Waals surface area contributed by atoms with E-state index < -0.39 is 5.91 Å². The van der Waals surface area contributed by atoms with E-state index in [0.29, 0.717) is 39.9 Å². The van der Waals surface area contributed by atoms with Gasteiger partial charge in [-0.2, -0.15) is 0 Å². The van der Waals surface area contributed by atoms with Gasteiger partial charge in [-0.05, 0) is 50.2 Å². The van der Waals surface area contributed by atoms with Gasteiger partial charge in [0.25, 0.3) is 11.8 Å². The van der Waals surface area contributed by atoms with Crippen LogP contribution in [0.1, 0.15) is 40.3 Å². The molecule has 3 rings (SSSR count). The summed E-state index contributed by atoms with van der Waals surface area (Å²) in [6, 6.07) is 9.57. The third kappa shape index (κ3) is 5.96. The van der Waals surface area contributed by atoms with Gasteiger partial charge in [0.05, 0.1) is 29.0 Å². The Morgan fingerprint density at radius 2 is 1.84 bits per heavy atom. The molecule has 0 radical (unpaired) electrons. The van der Waals surface area contributed by atoms with E-state index in [-0.39, 0.29) is 11.9 Å². The first-order valence-electron chi connectivity index (χ1n) is 9.47. The lowest BCUT2D eigenvalue weighted by Crippen LogP contribution is -2.30. The summed E-state index contributed by atoms with van der Waals surface area (Å²) in [5, 5.41) is 7.77. The van der Waals surface area contributed by atoms with Gasteiger partial charge in [-0.1, -0.05) is 11.6 Å². The maximum absolute atomic E-state index is 12.8. The Morgan fingerprint density at radius 3 is 2.52 bits per heavy atom. The van der Waals surface area contributed by atoms with Crippen LogP contribution in [0.25, 0.3) is 0 Å². The molecule has 0 aliphatic rings. The quantitative estimate of drug-likeness (QED) is 0.506. The summed E-state index contributed by atoms with van der Waals surface area (Å²) in [6.07, 6.45) is 0. The predicted molar refractivity (Wildman–Crippen MR) is 121 cm³/mol. The average molecular weight is 460 g/mol. The number of aromatic nitrogens is 1. The standard InChI is InChI=1S/C22H22ClN3O4S/c1-13(2)25-21(27)14-4-6-17(23)18(8-14)26-22(28)15-5-7-19(20(9-15)29-3)30-10-16-11-31-12-24-16/h4-9,11-13H,10H2,1-3H3,(H,25,27)(H,26,28). The molecule has 0 aliphatic carbocycles. The Kier molecular flexibility index (Phi) is 7.49. The van der Waals surface area contributed by atoms with E-state index in [1.165, 1.54) is 18.4 Å². The lowest BCUT2D eigenvalue weighted by Gasteiger charge is -2.13. The molecule has 3 aromatic rings. The molecule has 7 nitrogen and oxygen atoms in total. The van der Waals surface area contributed by atoms with Gasteiger partial charge in [-0.25, -0.2) is 4.98 Å². The minimum atomic E-state index is -0.396. The highest BCUT2D eigenvalue weighted by Gasteiger charge is 2.15. The van der Waals surface area contributed by atoms with Crippen LogP contribution in [0.15, 0.2) is 47.3 Å². The Hall–Kier alpha value is -3.10. The maximum atomic E-state index is 12.8. The molecule has 9 heteroatoms. The number of benzene rings is 2. The molecule has 162 valence electrons. The molecule has 0 bridgehead atoms. The van der Waals surface area contributed by atoms with Crippen LogP contribution >= 0.6 is 22.9 Å². The van der Waals surface area contributed by atoms with E-state index in [0.717, 1.165) is 5.69 Å². The summed E-state index contributed by atoms with van der Waals surface area (Å²) in [7, 11) is 1.50. The second-order valence-corrected chi connectivity index (χ2v) is 8.04. The highest BCUT2D eigenvalue weighted by atomic mass is 35.5. The summed E-state index contributed by atoms with van der Waals surface area (Å²) >= 11 is 7.70. The first kappa shape index (κ1) is 22.6. The highest BCUT2D eigenvalue weighted by Crippen LogP contribution is 2.30. The fraction of sp³-hybridized carbons (Fsp3) is 0.227. The number of hydrogen-bond acceptors (Lipinski definition) is 6. The third-order valence-corrected chi connectivity index (χ3v) is 5.15. The summed E-state index contributed by atoms with van der Waals surface area (Å²) in [5.41, 5.74) is 3.63. The van der Waals surface area contributed by atoms with E-state index >= 15 is 0 Å². The van der Waals surface area contributed by atoms with Crippen molar-refractivity contribution < 1.29 is 19.1 Å². The van der Waals surface area contributed by atoms with Crippen molar-refractivity contribution >= 4 is 40.4 Å². The summed E-state index contributed by atoms with van der Waals surface area (Å²) in [5.74, 6) is 0.273. The van der Waals surface area contributed by atoms with Crippen molar-refractivity contribution in [3.05, 3.63) is 69.1 Å². The van der Waals surface area contributed by atoms with Crippen LogP contribution in [0.2, 0.25) is 5.02 Å². The summed E-state index contributed by atoms with van der Waals surface area (Å²) in [4.78, 5) is 29.2. The number of nitrogens with zero attached hydrogens (tertiary/aromatic N) is 1. The molecular formula is C22H22ClN3O4S. The van der Waals surface area contributed by atoms with E-state index in [4.69, 9.17) is 21.1 Å². The van der Waals surface area contributed by atoms with Gasteiger partial charge >= 0.3 is 0 Å². The molecule has 1 heterocycles. The minimum absolute atomic E-state index is 0.00932. The number of thiazole rings is 1. The number of rotatable bonds is 8. The van der Waals surface area contributed by atoms with Crippen LogP contribution in [0.4, 0.5) is 5.69 Å². The van der Waals surface area contributed by atoms with Crippen molar-refractivity contribution in [2.75, 3.05) is 12.4 Å². The lowest BCUT2D eigenvalue weighted by molar-refractivity contribution is 0.0941. The van der Waals surface area contributed by atoms with Crippen molar-refractivity contribution in [1.29, 1.82) is 0 Å². The number of carbonyl (C=O) groups excluding carboxylic acids is 2. The Labute approximate surface area is 189 Å². The average Bonchev–Trinajstić information content (AvgIpc) is 3.26. The number of carbonyl (C=O) groups is 2. The zero-order valence-electron chi connectivity index (χ0n) is 17.3. The molecule has 1 aromatic heterocycles. The van der Waals surface area contributed by atoms with E-state index in [1.807, 2.05) is 19.2 Å². The normalized spacial score (nSPS) is 10.6. The van der Waals surface area contributed by atoms with E-state index in [1.54, 1.807) is 41.9 Å². The van der Waals surface area contributed by atoms with Crippen LogP contribution < -0.4 is 20.1 Å². The van der Waals surface area contributed by atoms with Crippen molar-refractivity contribution in [1.82, 2.24) is 10.3 Å². The number of anilines is 1. The van der Waals surface area contributed by atoms with Crippen LogP contribution in [-0.2, 0) is 6.61 Å². The van der Waals surface area contributed by atoms with Gasteiger partial charge in [0, 0.05) is 22.5 Å². The Bertz CT molecular complexity index is 1070. The molecule has 0 saturated heterocycles. The maximum Gasteiger partial charge on any atom is 0.255 e. The predicted octanol–water partition coefficient (Wildman–Crippen LogP) is 4.77. The second kappa shape index (κ2) is 10.3. The number of methoxy groups -OCH3 is 1. The SMILES string of the molecule is COc1cc(C(=O)Nc2cc(C(=O)NC(C)C)ccc2Cl)ccc1OCc1cscn1. The number of ether oxygens (including phenoxy) is 2. The molecular weight excluding hydrogens is 438 g/mol. The number of halogens is 1. The van der Waals surface area contributed by atoms with Gasteiger partial charge in [0.15, 0.2) is 11.5 Å². The summed E-state index contributed by atoms with van der Waals surface area (Å²) in [6.45, 7) is 4.04. The first-order chi connectivity index (χ1) is 14.9. The zero-order chi connectivity index (χ0) is 22.4. The van der Waals surface area contributed by atoms with Gasteiger partial charge in [-0.15, -0.1) is 11.3 Å². The molecule has 0 fully saturated rings. The molecule has 0 saturated carbocycles. The number of amides is 2. The van der Waals surface area contributed by atoms with E-state index in [2.05, 4.69) is 15.6 Å².